The van der Waals surface area contributed by atoms with Gasteiger partial charge in [-0.3, -0.25) is 13.9 Å². The van der Waals surface area contributed by atoms with E-state index in [-0.39, 0.29) is 22.7 Å². The maximum Gasteiger partial charge on any atom is 0.264 e. The molecule has 3 aromatic carbocycles. The smallest absolute Gasteiger partial charge is 0.264 e. The summed E-state index contributed by atoms with van der Waals surface area (Å²) < 4.78 is 48.3. The standard InChI is InChI=1S/C29H34FN3O5S/c1-4-5-18-31-29(35)22(2)32(20-23-12-9-10-17-27(23)30)28(34)21-33(24-13-11-14-25(19-24)38-3)39(36,37)26-15-7-6-8-16-26/h6-17,19,22H,4-5,18,20-21H2,1-3H3,(H,31,35)/t22-/m1/s1. The van der Waals surface area contributed by atoms with Crippen molar-refractivity contribution >= 4 is 27.5 Å². The van der Waals surface area contributed by atoms with Gasteiger partial charge in [-0.2, -0.15) is 0 Å². The highest BCUT2D eigenvalue weighted by molar-refractivity contribution is 7.92. The van der Waals surface area contributed by atoms with Crippen molar-refractivity contribution in [2.24, 2.45) is 0 Å². The van der Waals surface area contributed by atoms with E-state index in [9.17, 15) is 22.4 Å². The first-order valence-electron chi connectivity index (χ1n) is 12.7. The van der Waals surface area contributed by atoms with E-state index in [0.717, 1.165) is 17.1 Å². The third-order valence-electron chi connectivity index (χ3n) is 6.25. The number of halogens is 1. The Bertz CT molecular complexity index is 1370. The monoisotopic (exact) mass is 555 g/mol. The number of nitrogens with zero attached hydrogens (tertiary/aromatic N) is 2. The van der Waals surface area contributed by atoms with Crippen LogP contribution in [0, 0.1) is 5.82 Å². The van der Waals surface area contributed by atoms with E-state index in [0.29, 0.717) is 12.3 Å². The number of sulfonamides is 1. The van der Waals surface area contributed by atoms with Crippen LogP contribution in [0.3, 0.4) is 0 Å². The van der Waals surface area contributed by atoms with Gasteiger partial charge in [0, 0.05) is 24.7 Å². The Morgan fingerprint density at radius 3 is 2.36 bits per heavy atom. The highest BCUT2D eigenvalue weighted by Crippen LogP contribution is 2.27. The number of amides is 2. The van der Waals surface area contributed by atoms with Gasteiger partial charge in [-0.25, -0.2) is 12.8 Å². The second-order valence-corrected chi connectivity index (χ2v) is 10.8. The number of hydrogen-bond acceptors (Lipinski definition) is 5. The average Bonchev–Trinajstić information content (AvgIpc) is 2.95. The summed E-state index contributed by atoms with van der Waals surface area (Å²) in [7, 11) is -2.74. The van der Waals surface area contributed by atoms with Gasteiger partial charge >= 0.3 is 0 Å². The van der Waals surface area contributed by atoms with Crippen LogP contribution in [-0.4, -0.2) is 51.4 Å². The summed E-state index contributed by atoms with van der Waals surface area (Å²) >= 11 is 0. The van der Waals surface area contributed by atoms with Crippen molar-refractivity contribution < 1.29 is 27.1 Å². The molecular weight excluding hydrogens is 521 g/mol. The topological polar surface area (TPSA) is 96.0 Å². The lowest BCUT2D eigenvalue weighted by atomic mass is 10.1. The molecule has 0 aliphatic rings. The van der Waals surface area contributed by atoms with Crippen molar-refractivity contribution in [2.45, 2.75) is 44.2 Å². The minimum atomic E-state index is -4.20. The van der Waals surface area contributed by atoms with Gasteiger partial charge in [0.15, 0.2) is 0 Å². The Morgan fingerprint density at radius 2 is 1.69 bits per heavy atom. The van der Waals surface area contributed by atoms with Crippen LogP contribution in [-0.2, 0) is 26.2 Å². The zero-order valence-corrected chi connectivity index (χ0v) is 23.2. The van der Waals surface area contributed by atoms with E-state index in [2.05, 4.69) is 5.32 Å². The predicted molar refractivity (Wildman–Crippen MR) is 148 cm³/mol. The highest BCUT2D eigenvalue weighted by Gasteiger charge is 2.33. The number of unbranched alkanes of at least 4 members (excludes halogenated alkanes) is 1. The molecule has 1 N–H and O–H groups in total. The molecule has 2 amide bonds. The maximum atomic E-state index is 14.6. The number of rotatable bonds is 13. The van der Waals surface area contributed by atoms with E-state index >= 15 is 0 Å². The fourth-order valence-electron chi connectivity index (χ4n) is 3.94. The largest absolute Gasteiger partial charge is 0.497 e. The van der Waals surface area contributed by atoms with Gasteiger partial charge in [-0.1, -0.05) is 55.8 Å². The molecule has 39 heavy (non-hydrogen) atoms. The number of ether oxygens (including phenoxy) is 1. The van der Waals surface area contributed by atoms with Crippen LogP contribution < -0.4 is 14.4 Å². The van der Waals surface area contributed by atoms with Crippen molar-refractivity contribution in [2.75, 3.05) is 24.5 Å². The fourth-order valence-corrected chi connectivity index (χ4v) is 5.37. The van der Waals surface area contributed by atoms with Gasteiger partial charge < -0.3 is 15.0 Å². The molecular formula is C29H34FN3O5S. The molecule has 3 aromatic rings. The zero-order valence-electron chi connectivity index (χ0n) is 22.3. The summed E-state index contributed by atoms with van der Waals surface area (Å²) in [4.78, 5) is 28.0. The van der Waals surface area contributed by atoms with Crippen LogP contribution in [0.2, 0.25) is 0 Å². The third-order valence-corrected chi connectivity index (χ3v) is 8.03. The van der Waals surface area contributed by atoms with E-state index in [1.165, 1.54) is 48.4 Å². The van der Waals surface area contributed by atoms with E-state index < -0.39 is 40.2 Å². The Balaban J connectivity index is 2.02. The Kier molecular flexibility index (Phi) is 10.4. The molecule has 208 valence electrons. The van der Waals surface area contributed by atoms with Crippen molar-refractivity contribution in [1.29, 1.82) is 0 Å². The number of carbonyl (C=O) groups is 2. The van der Waals surface area contributed by atoms with Crippen LogP contribution in [0.1, 0.15) is 32.3 Å². The van der Waals surface area contributed by atoms with Gasteiger partial charge in [-0.15, -0.1) is 0 Å². The molecule has 0 bridgehead atoms. The fraction of sp³-hybridized carbons (Fsp3) is 0.310. The van der Waals surface area contributed by atoms with Gasteiger partial charge in [0.25, 0.3) is 10.0 Å². The summed E-state index contributed by atoms with van der Waals surface area (Å²) in [6.07, 6.45) is 1.64. The summed E-state index contributed by atoms with van der Waals surface area (Å²) in [5.41, 5.74) is 0.412. The summed E-state index contributed by atoms with van der Waals surface area (Å²) in [6.45, 7) is 3.13. The number of carbonyl (C=O) groups excluding carboxylic acids is 2. The Hall–Kier alpha value is -3.92. The first kappa shape index (κ1) is 29.6. The lowest BCUT2D eigenvalue weighted by molar-refractivity contribution is -0.139. The Morgan fingerprint density at radius 1 is 1.00 bits per heavy atom. The lowest BCUT2D eigenvalue weighted by Gasteiger charge is -2.32. The quantitative estimate of drug-likeness (QED) is 0.316. The first-order chi connectivity index (χ1) is 18.7. The van der Waals surface area contributed by atoms with E-state index in [4.69, 9.17) is 4.74 Å². The predicted octanol–water partition coefficient (Wildman–Crippen LogP) is 4.36. The normalized spacial score (nSPS) is 11.9. The summed E-state index contributed by atoms with van der Waals surface area (Å²) in [5.74, 6) is -1.21. The van der Waals surface area contributed by atoms with Crippen LogP contribution in [0.25, 0.3) is 0 Å². The van der Waals surface area contributed by atoms with Crippen LogP contribution in [0.15, 0.2) is 83.8 Å². The highest BCUT2D eigenvalue weighted by atomic mass is 32.2. The Labute approximate surface area is 229 Å². The molecule has 1 atom stereocenters. The van der Waals surface area contributed by atoms with Gasteiger partial charge in [0.1, 0.15) is 24.2 Å². The first-order valence-corrected chi connectivity index (χ1v) is 14.2. The number of nitrogens with one attached hydrogen (secondary N) is 1. The number of anilines is 1. The molecule has 0 unspecified atom stereocenters. The molecule has 3 rings (SSSR count). The second kappa shape index (κ2) is 13.7. The SMILES string of the molecule is CCCCNC(=O)[C@@H](C)N(Cc1ccccc1F)C(=O)CN(c1cccc(OC)c1)S(=O)(=O)c1ccccc1. The van der Waals surface area contributed by atoms with E-state index in [1.807, 2.05) is 6.92 Å². The molecule has 0 aromatic heterocycles. The second-order valence-electron chi connectivity index (χ2n) is 8.96. The number of methoxy groups -OCH3 is 1. The van der Waals surface area contributed by atoms with Crippen LogP contribution in [0.4, 0.5) is 10.1 Å². The zero-order chi connectivity index (χ0) is 28.4. The molecule has 0 saturated heterocycles. The van der Waals surface area contributed by atoms with Crippen molar-refractivity contribution in [3.05, 3.63) is 90.2 Å². The molecule has 0 radical (unpaired) electrons. The van der Waals surface area contributed by atoms with Gasteiger partial charge in [-0.05, 0) is 43.7 Å². The molecule has 0 heterocycles. The average molecular weight is 556 g/mol. The van der Waals surface area contributed by atoms with Crippen LogP contribution in [0.5, 0.6) is 5.75 Å². The van der Waals surface area contributed by atoms with Crippen molar-refractivity contribution in [1.82, 2.24) is 10.2 Å². The third kappa shape index (κ3) is 7.57. The van der Waals surface area contributed by atoms with Crippen molar-refractivity contribution in [3.8, 4) is 5.75 Å². The lowest BCUT2D eigenvalue weighted by Crippen LogP contribution is -2.51. The van der Waals surface area contributed by atoms with E-state index in [1.54, 1.807) is 49.4 Å². The summed E-state index contributed by atoms with van der Waals surface area (Å²) in [5, 5.41) is 2.80. The minimum Gasteiger partial charge on any atom is -0.497 e. The molecule has 0 aliphatic heterocycles. The summed E-state index contributed by atoms with van der Waals surface area (Å²) in [6, 6.07) is 19.1. The number of benzene rings is 3. The maximum absolute atomic E-state index is 14.6. The van der Waals surface area contributed by atoms with Crippen molar-refractivity contribution in [3.63, 3.8) is 0 Å². The molecule has 10 heteroatoms. The number of hydrogen-bond donors (Lipinski definition) is 1. The molecule has 0 saturated carbocycles. The van der Waals surface area contributed by atoms with Crippen LogP contribution >= 0.6 is 0 Å². The van der Waals surface area contributed by atoms with Gasteiger partial charge in [0.2, 0.25) is 11.8 Å². The molecule has 0 spiro atoms. The molecule has 8 nitrogen and oxygen atoms in total. The molecule has 0 aliphatic carbocycles. The van der Waals surface area contributed by atoms with Gasteiger partial charge in [0.05, 0.1) is 17.7 Å². The minimum absolute atomic E-state index is 0.00775. The molecule has 0 fully saturated rings.